The Kier molecular flexibility index (Phi) is 9.26. The molecule has 0 saturated heterocycles. The van der Waals surface area contributed by atoms with Crippen molar-refractivity contribution in [2.75, 3.05) is 16.6 Å². The van der Waals surface area contributed by atoms with E-state index in [0.29, 0.717) is 11.3 Å². The van der Waals surface area contributed by atoms with Crippen molar-refractivity contribution >= 4 is 71.9 Å². The van der Waals surface area contributed by atoms with Crippen molar-refractivity contribution < 1.29 is 13.2 Å². The molecule has 2 N–H and O–H groups in total. The Morgan fingerprint density at radius 1 is 0.891 bits per heavy atom. The zero-order valence-electron chi connectivity index (χ0n) is 24.9. The number of halogens is 1. The second kappa shape index (κ2) is 13.4. The molecule has 0 bridgehead atoms. The summed E-state index contributed by atoms with van der Waals surface area (Å²) in [4.78, 5) is 22.4. The number of nitrogens with zero attached hydrogens (tertiary/aromatic N) is 2. The fourth-order valence-electron chi connectivity index (χ4n) is 5.52. The summed E-state index contributed by atoms with van der Waals surface area (Å²) < 4.78 is 29.4. The van der Waals surface area contributed by atoms with Crippen LogP contribution >= 0.6 is 35.1 Å². The first kappa shape index (κ1) is 31.9. The summed E-state index contributed by atoms with van der Waals surface area (Å²) in [7, 11) is -3.74. The Morgan fingerprint density at radius 2 is 1.61 bits per heavy atom. The topological polar surface area (TPSA) is 91.4 Å². The van der Waals surface area contributed by atoms with Crippen LogP contribution in [0.5, 0.6) is 0 Å². The number of hydrogen-bond acceptors (Lipinski definition) is 7. The van der Waals surface area contributed by atoms with E-state index in [1.807, 2.05) is 31.2 Å². The van der Waals surface area contributed by atoms with E-state index in [9.17, 15) is 13.2 Å². The first-order chi connectivity index (χ1) is 21.8. The summed E-state index contributed by atoms with van der Waals surface area (Å²) in [5.41, 5.74) is 6.27. The zero-order valence-corrected chi connectivity index (χ0v) is 28.2. The summed E-state index contributed by atoms with van der Waals surface area (Å²) in [6.07, 6.45) is 0.871. The molecular weight excluding hydrogens is 656 g/mol. The maximum absolute atomic E-state index is 13.6. The van der Waals surface area contributed by atoms with Crippen LogP contribution in [0.3, 0.4) is 0 Å². The quantitative estimate of drug-likeness (QED) is 0.168. The lowest BCUT2D eigenvalue weighted by atomic mass is 10.0. The lowest BCUT2D eigenvalue weighted by molar-refractivity contribution is 0.102. The number of para-hydroxylation sites is 1. The summed E-state index contributed by atoms with van der Waals surface area (Å²) >= 11 is 3.25. The van der Waals surface area contributed by atoms with Crippen LogP contribution < -0.4 is 10.0 Å². The van der Waals surface area contributed by atoms with Crippen LogP contribution in [-0.2, 0) is 29.5 Å². The van der Waals surface area contributed by atoms with Gasteiger partial charge in [-0.2, -0.15) is 0 Å². The molecule has 0 spiro atoms. The molecule has 0 fully saturated rings. The first-order valence-electron chi connectivity index (χ1n) is 14.6. The molecule has 0 atom stereocenters. The highest BCUT2D eigenvalue weighted by molar-refractivity contribution is 7.92. The number of amides is 1. The summed E-state index contributed by atoms with van der Waals surface area (Å²) in [6.45, 7) is 4.50. The molecule has 6 aromatic rings. The summed E-state index contributed by atoms with van der Waals surface area (Å²) in [6, 6.07) is 31.7. The number of thiophene rings is 1. The van der Waals surface area contributed by atoms with E-state index in [1.54, 1.807) is 71.2 Å². The second-order valence-electron chi connectivity index (χ2n) is 11.1. The highest BCUT2D eigenvalue weighted by Gasteiger charge is 2.28. The number of carbonyl (C=O) groups excluding carboxylic acids is 1. The number of nitrogens with one attached hydrogen (secondary N) is 2. The van der Waals surface area contributed by atoms with Crippen LogP contribution in [0.2, 0.25) is 0 Å². The van der Waals surface area contributed by atoms with Crippen molar-refractivity contribution in [2.45, 2.75) is 31.3 Å². The van der Waals surface area contributed by atoms with E-state index in [0.717, 1.165) is 57.4 Å². The number of hydrogen-bond donors (Lipinski definition) is 2. The van der Waals surface area contributed by atoms with E-state index >= 15 is 0 Å². The normalized spacial score (nSPS) is 13.2. The van der Waals surface area contributed by atoms with Gasteiger partial charge in [0.25, 0.3) is 15.9 Å². The van der Waals surface area contributed by atoms with Crippen LogP contribution in [0.4, 0.5) is 10.7 Å². The molecule has 0 saturated carbocycles. The third-order valence-corrected chi connectivity index (χ3v) is 11.4. The monoisotopic (exact) mass is 686 g/mol. The van der Waals surface area contributed by atoms with Crippen LogP contribution in [0.1, 0.15) is 31.9 Å². The van der Waals surface area contributed by atoms with Crippen molar-refractivity contribution in [1.82, 2.24) is 9.88 Å². The maximum Gasteiger partial charge on any atom is 0.261 e. The number of rotatable bonds is 8. The van der Waals surface area contributed by atoms with Crippen molar-refractivity contribution in [3.63, 3.8) is 0 Å². The van der Waals surface area contributed by atoms with Gasteiger partial charge in [-0.15, -0.1) is 35.1 Å². The Morgan fingerprint density at radius 3 is 2.35 bits per heavy atom. The third-order valence-electron chi connectivity index (χ3n) is 7.85. The molecule has 0 radical (unpaired) electrons. The van der Waals surface area contributed by atoms with Crippen LogP contribution in [0.25, 0.3) is 20.8 Å². The number of sulfonamides is 1. The van der Waals surface area contributed by atoms with E-state index in [4.69, 9.17) is 4.98 Å². The molecule has 1 aliphatic rings. The maximum atomic E-state index is 13.6. The van der Waals surface area contributed by atoms with Gasteiger partial charge >= 0.3 is 0 Å². The van der Waals surface area contributed by atoms with Gasteiger partial charge in [0.2, 0.25) is 0 Å². The lowest BCUT2D eigenvalue weighted by Crippen LogP contribution is -2.29. The van der Waals surface area contributed by atoms with Gasteiger partial charge < -0.3 is 5.32 Å². The SMILES string of the molecule is Cc1ccc(S(=O)(=O)Nc2ccc(C(=O)Nc3sc4c(c3-c3nc5ccccc5s3)CCN(Cc3ccccc3)C4)cc2)cc1.Cl. The Balaban J connectivity index is 0.00000372. The molecule has 2 aromatic heterocycles. The number of benzene rings is 4. The number of fused-ring (bicyclic) bond motifs is 2. The molecule has 46 heavy (non-hydrogen) atoms. The summed E-state index contributed by atoms with van der Waals surface area (Å²) in [5.74, 6) is -0.259. The fraction of sp³-hybridized carbons (Fsp3) is 0.143. The molecule has 234 valence electrons. The zero-order chi connectivity index (χ0) is 31.0. The Bertz CT molecular complexity index is 2080. The predicted octanol–water partition coefficient (Wildman–Crippen LogP) is 8.37. The standard InChI is InChI=1S/C35H30N4O3S3.ClH/c1-23-11-17-27(18-12-23)45(41,42)38-26-15-13-25(14-16-26)33(40)37-35-32(34-36-29-9-5-6-10-30(29)43-34)28-19-20-39(22-31(28)44-35)21-24-7-3-2-4-8-24;/h2-18,38H,19-22H2,1H3,(H,37,40);1H. The van der Waals surface area contributed by atoms with Gasteiger partial charge in [-0.3, -0.25) is 14.4 Å². The van der Waals surface area contributed by atoms with Gasteiger partial charge in [-0.1, -0.05) is 60.2 Å². The molecule has 7 nitrogen and oxygen atoms in total. The van der Waals surface area contributed by atoms with Crippen LogP contribution in [0.15, 0.2) is 108 Å². The number of aryl methyl sites for hydroxylation is 1. The van der Waals surface area contributed by atoms with Gasteiger partial charge in [-0.05, 0) is 73.0 Å². The third kappa shape index (κ3) is 6.72. The van der Waals surface area contributed by atoms with Crippen molar-refractivity contribution in [3.8, 4) is 10.6 Å². The number of aromatic nitrogens is 1. The molecule has 3 heterocycles. The molecule has 4 aromatic carbocycles. The minimum absolute atomic E-state index is 0. The Labute approximate surface area is 282 Å². The largest absolute Gasteiger partial charge is 0.313 e. The van der Waals surface area contributed by atoms with Gasteiger partial charge in [0.1, 0.15) is 10.0 Å². The fourth-order valence-corrected chi connectivity index (χ4v) is 8.98. The molecular formula is C35H31ClN4O3S3. The highest BCUT2D eigenvalue weighted by atomic mass is 35.5. The average molecular weight is 687 g/mol. The number of carbonyl (C=O) groups is 1. The van der Waals surface area contributed by atoms with E-state index in [-0.39, 0.29) is 23.2 Å². The van der Waals surface area contributed by atoms with Gasteiger partial charge in [0.05, 0.1) is 15.1 Å². The molecule has 0 unspecified atom stereocenters. The van der Waals surface area contributed by atoms with Crippen LogP contribution in [0, 0.1) is 6.92 Å². The number of anilines is 2. The van der Waals surface area contributed by atoms with Gasteiger partial charge in [-0.25, -0.2) is 13.4 Å². The van der Waals surface area contributed by atoms with Gasteiger partial charge in [0, 0.05) is 41.3 Å². The van der Waals surface area contributed by atoms with E-state index in [2.05, 4.69) is 45.3 Å². The first-order valence-corrected chi connectivity index (χ1v) is 17.7. The van der Waals surface area contributed by atoms with Crippen LogP contribution in [-0.4, -0.2) is 30.8 Å². The molecule has 7 rings (SSSR count). The Hall–Kier alpha value is -4.06. The smallest absolute Gasteiger partial charge is 0.261 e. The predicted molar refractivity (Wildman–Crippen MR) is 191 cm³/mol. The summed E-state index contributed by atoms with van der Waals surface area (Å²) in [5, 5.41) is 4.87. The van der Waals surface area contributed by atoms with Crippen molar-refractivity contribution in [2.24, 2.45) is 0 Å². The molecule has 1 amide bonds. The lowest BCUT2D eigenvalue weighted by Gasteiger charge is -2.27. The molecule has 0 aliphatic carbocycles. The highest BCUT2D eigenvalue weighted by Crippen LogP contribution is 2.46. The second-order valence-corrected chi connectivity index (χ2v) is 14.9. The van der Waals surface area contributed by atoms with E-state index in [1.165, 1.54) is 16.0 Å². The minimum Gasteiger partial charge on any atom is -0.313 e. The van der Waals surface area contributed by atoms with Gasteiger partial charge in [0.15, 0.2) is 0 Å². The molecule has 1 aliphatic heterocycles. The molecule has 11 heteroatoms. The number of thiazole rings is 1. The average Bonchev–Trinajstić information content (AvgIpc) is 3.62. The van der Waals surface area contributed by atoms with E-state index < -0.39 is 10.0 Å². The van der Waals surface area contributed by atoms with Crippen molar-refractivity contribution in [1.29, 1.82) is 0 Å². The minimum atomic E-state index is -3.74. The van der Waals surface area contributed by atoms with Crippen molar-refractivity contribution in [3.05, 3.63) is 130 Å².